The first kappa shape index (κ1) is 14.0. The minimum absolute atomic E-state index is 0.108. The van der Waals surface area contributed by atoms with Crippen molar-refractivity contribution in [1.82, 2.24) is 4.90 Å². The summed E-state index contributed by atoms with van der Waals surface area (Å²) in [5, 5.41) is 0. The highest BCUT2D eigenvalue weighted by atomic mass is 16.2. The van der Waals surface area contributed by atoms with Crippen molar-refractivity contribution < 1.29 is 4.79 Å². The molecule has 1 unspecified atom stereocenters. The number of nitrogens with two attached hydrogens (primary N) is 1. The summed E-state index contributed by atoms with van der Waals surface area (Å²) in [4.78, 5) is 18.4. The van der Waals surface area contributed by atoms with Crippen LogP contribution in [-0.4, -0.2) is 35.8 Å². The van der Waals surface area contributed by atoms with Gasteiger partial charge in [-0.15, -0.1) is 0 Å². The summed E-state index contributed by atoms with van der Waals surface area (Å²) >= 11 is 0. The van der Waals surface area contributed by atoms with E-state index < -0.39 is 0 Å². The predicted octanol–water partition coefficient (Wildman–Crippen LogP) is 1.79. The molecule has 0 spiro atoms. The fourth-order valence-corrected chi connectivity index (χ4v) is 1.84. The van der Waals surface area contributed by atoms with Gasteiger partial charge in [0.05, 0.1) is 0 Å². The van der Waals surface area contributed by atoms with Crippen LogP contribution >= 0.6 is 0 Å². The number of likely N-dealkylation sites (tertiary alicyclic amines) is 1. The Morgan fingerprint density at radius 2 is 1.76 bits per heavy atom. The number of amides is 1. The second kappa shape index (κ2) is 5.52. The predicted molar refractivity (Wildman–Crippen MR) is 71.0 cm³/mol. The molecule has 1 aliphatic rings. The molecule has 1 aliphatic heterocycles. The van der Waals surface area contributed by atoms with E-state index in [1.165, 1.54) is 6.42 Å². The molecule has 0 aliphatic carbocycles. The zero-order valence-corrected chi connectivity index (χ0v) is 11.5. The first-order valence-corrected chi connectivity index (χ1v) is 6.45. The van der Waals surface area contributed by atoms with Crippen LogP contribution in [0.5, 0.6) is 0 Å². The average Bonchev–Trinajstić information content (AvgIpc) is 2.27. The van der Waals surface area contributed by atoms with Crippen LogP contribution < -0.4 is 5.73 Å². The van der Waals surface area contributed by atoms with E-state index in [0.29, 0.717) is 5.84 Å². The van der Waals surface area contributed by atoms with Crippen molar-refractivity contribution in [2.45, 2.75) is 53.0 Å². The Bertz CT molecular complexity index is 298. The smallest absolute Gasteiger partial charge is 0.247 e. The van der Waals surface area contributed by atoms with E-state index in [-0.39, 0.29) is 17.4 Å². The number of rotatable bonds is 2. The second-order valence-electron chi connectivity index (χ2n) is 5.83. The lowest BCUT2D eigenvalue weighted by Crippen LogP contribution is -2.42. The van der Waals surface area contributed by atoms with Gasteiger partial charge in [-0.05, 0) is 26.2 Å². The molecule has 1 amide bonds. The molecule has 2 N–H and O–H groups in total. The molecule has 17 heavy (non-hydrogen) atoms. The van der Waals surface area contributed by atoms with Gasteiger partial charge in [-0.25, -0.2) is 0 Å². The number of carbonyl (C=O) groups excluding carboxylic acids is 1. The van der Waals surface area contributed by atoms with Crippen molar-refractivity contribution in [3.05, 3.63) is 0 Å². The van der Waals surface area contributed by atoms with Crippen LogP contribution in [0.1, 0.15) is 47.0 Å². The van der Waals surface area contributed by atoms with E-state index >= 15 is 0 Å². The Kier molecular flexibility index (Phi) is 4.54. The summed E-state index contributed by atoms with van der Waals surface area (Å²) in [6.45, 7) is 9.58. The lowest BCUT2D eigenvalue weighted by Gasteiger charge is -2.28. The summed E-state index contributed by atoms with van der Waals surface area (Å²) in [6.07, 6.45) is 3.44. The molecule has 0 radical (unpaired) electrons. The van der Waals surface area contributed by atoms with E-state index in [1.54, 1.807) is 0 Å². The Hall–Kier alpha value is -1.06. The normalized spacial score (nSPS) is 20.2. The Morgan fingerprint density at radius 1 is 1.24 bits per heavy atom. The third-order valence-electron chi connectivity index (χ3n) is 3.13. The Balaban J connectivity index is 2.63. The number of piperidine rings is 1. The van der Waals surface area contributed by atoms with Gasteiger partial charge in [0, 0.05) is 18.5 Å². The highest BCUT2D eigenvalue weighted by molar-refractivity contribution is 5.89. The maximum Gasteiger partial charge on any atom is 0.247 e. The monoisotopic (exact) mass is 239 g/mol. The molecule has 0 bridgehead atoms. The van der Waals surface area contributed by atoms with Crippen molar-refractivity contribution in [2.75, 3.05) is 13.1 Å². The van der Waals surface area contributed by atoms with E-state index in [9.17, 15) is 4.79 Å². The van der Waals surface area contributed by atoms with Gasteiger partial charge in [0.15, 0.2) is 0 Å². The fourth-order valence-electron chi connectivity index (χ4n) is 1.84. The first-order chi connectivity index (χ1) is 7.82. The van der Waals surface area contributed by atoms with E-state index in [2.05, 4.69) is 4.99 Å². The molecule has 1 saturated heterocycles. The second-order valence-corrected chi connectivity index (χ2v) is 5.83. The van der Waals surface area contributed by atoms with E-state index in [0.717, 1.165) is 25.9 Å². The van der Waals surface area contributed by atoms with Gasteiger partial charge in [0.2, 0.25) is 5.91 Å². The molecule has 98 valence electrons. The number of hydrogen-bond acceptors (Lipinski definition) is 2. The van der Waals surface area contributed by atoms with Crippen LogP contribution in [0.4, 0.5) is 0 Å². The maximum atomic E-state index is 12.1. The summed E-state index contributed by atoms with van der Waals surface area (Å²) in [6, 6.07) is -0.354. The summed E-state index contributed by atoms with van der Waals surface area (Å²) in [5.41, 5.74) is 5.73. The molecule has 1 atom stereocenters. The third-order valence-corrected chi connectivity index (χ3v) is 3.13. The van der Waals surface area contributed by atoms with E-state index in [1.807, 2.05) is 32.6 Å². The Labute approximate surface area is 104 Å². The topological polar surface area (TPSA) is 58.7 Å². The summed E-state index contributed by atoms with van der Waals surface area (Å²) < 4.78 is 0. The molecule has 1 heterocycles. The van der Waals surface area contributed by atoms with Crippen molar-refractivity contribution in [1.29, 1.82) is 0 Å². The minimum atomic E-state index is -0.354. The number of carbonyl (C=O) groups is 1. The van der Waals surface area contributed by atoms with Crippen LogP contribution in [0, 0.1) is 5.41 Å². The SMILES string of the molecule is CC(N=C(N)C(C)(C)C)C(=O)N1CCCCC1. The molecular formula is C13H25N3O. The number of aliphatic imine (C=N–C) groups is 1. The van der Waals surface area contributed by atoms with Gasteiger partial charge in [-0.1, -0.05) is 20.8 Å². The standard InChI is InChI=1S/C13H25N3O/c1-10(15-12(14)13(2,3)4)11(17)16-8-6-5-7-9-16/h10H,5-9H2,1-4H3,(H2,14,15). The molecule has 0 saturated carbocycles. The molecule has 4 nitrogen and oxygen atoms in total. The number of amidine groups is 1. The van der Waals surface area contributed by atoms with Gasteiger partial charge in [0.25, 0.3) is 0 Å². The fraction of sp³-hybridized carbons (Fsp3) is 0.846. The van der Waals surface area contributed by atoms with Crippen molar-refractivity contribution in [2.24, 2.45) is 16.1 Å². The summed E-state index contributed by atoms with van der Waals surface area (Å²) in [7, 11) is 0. The van der Waals surface area contributed by atoms with E-state index in [4.69, 9.17) is 5.73 Å². The van der Waals surface area contributed by atoms with Crippen molar-refractivity contribution >= 4 is 11.7 Å². The number of nitrogens with zero attached hydrogens (tertiary/aromatic N) is 2. The highest BCUT2D eigenvalue weighted by Crippen LogP contribution is 2.15. The van der Waals surface area contributed by atoms with Crippen LogP contribution in [0.25, 0.3) is 0 Å². The molecule has 1 rings (SSSR count). The Morgan fingerprint density at radius 3 is 2.24 bits per heavy atom. The average molecular weight is 239 g/mol. The number of hydrogen-bond donors (Lipinski definition) is 1. The summed E-state index contributed by atoms with van der Waals surface area (Å²) in [5.74, 6) is 0.659. The van der Waals surface area contributed by atoms with Gasteiger partial charge in [-0.2, -0.15) is 0 Å². The van der Waals surface area contributed by atoms with Crippen LogP contribution in [0.3, 0.4) is 0 Å². The quantitative estimate of drug-likeness (QED) is 0.590. The third kappa shape index (κ3) is 4.02. The molecular weight excluding hydrogens is 214 g/mol. The molecule has 0 aromatic heterocycles. The molecule has 1 fully saturated rings. The van der Waals surface area contributed by atoms with Gasteiger partial charge >= 0.3 is 0 Å². The highest BCUT2D eigenvalue weighted by Gasteiger charge is 2.23. The zero-order valence-electron chi connectivity index (χ0n) is 11.5. The van der Waals surface area contributed by atoms with Crippen LogP contribution in [0.15, 0.2) is 4.99 Å². The molecule has 0 aromatic rings. The maximum absolute atomic E-state index is 12.1. The van der Waals surface area contributed by atoms with Gasteiger partial charge < -0.3 is 10.6 Å². The largest absolute Gasteiger partial charge is 0.387 e. The minimum Gasteiger partial charge on any atom is -0.387 e. The van der Waals surface area contributed by atoms with Gasteiger partial charge in [0.1, 0.15) is 11.9 Å². The lowest BCUT2D eigenvalue weighted by molar-refractivity contribution is -0.133. The first-order valence-electron chi connectivity index (χ1n) is 6.45. The van der Waals surface area contributed by atoms with Crippen molar-refractivity contribution in [3.8, 4) is 0 Å². The molecule has 0 aromatic carbocycles. The van der Waals surface area contributed by atoms with Crippen molar-refractivity contribution in [3.63, 3.8) is 0 Å². The lowest BCUT2D eigenvalue weighted by atomic mass is 9.95. The van der Waals surface area contributed by atoms with Gasteiger partial charge in [-0.3, -0.25) is 9.79 Å². The van der Waals surface area contributed by atoms with Crippen LogP contribution in [0.2, 0.25) is 0 Å². The zero-order chi connectivity index (χ0) is 13.1. The van der Waals surface area contributed by atoms with Crippen LogP contribution in [-0.2, 0) is 4.79 Å². The molecule has 4 heteroatoms.